The van der Waals surface area contributed by atoms with E-state index in [-0.39, 0.29) is 5.91 Å². The van der Waals surface area contributed by atoms with Gasteiger partial charge < -0.3 is 10.1 Å². The first-order chi connectivity index (χ1) is 9.56. The molecule has 1 aromatic rings. The van der Waals surface area contributed by atoms with Crippen LogP contribution >= 0.6 is 0 Å². The largest absolute Gasteiger partial charge is 0.466 e. The molecule has 1 rings (SSSR count). The first kappa shape index (κ1) is 15.9. The minimum atomic E-state index is -0.429. The fourth-order valence-corrected chi connectivity index (χ4v) is 1.70. The van der Waals surface area contributed by atoms with E-state index in [4.69, 9.17) is 0 Å². The second kappa shape index (κ2) is 8.14. The van der Waals surface area contributed by atoms with Gasteiger partial charge in [-0.2, -0.15) is 5.10 Å². The molecule has 0 unspecified atom stereocenters. The molecule has 0 aromatic carbocycles. The van der Waals surface area contributed by atoms with Crippen LogP contribution < -0.4 is 5.32 Å². The molecule has 1 heterocycles. The molecule has 0 aliphatic heterocycles. The van der Waals surface area contributed by atoms with Crippen LogP contribution in [0.1, 0.15) is 24.6 Å². The molecular weight excluding hydrogens is 258 g/mol. The van der Waals surface area contributed by atoms with Gasteiger partial charge in [0.1, 0.15) is 0 Å². The molecule has 0 saturated carbocycles. The third kappa shape index (κ3) is 5.26. The number of hydrogen-bond acceptors (Lipinski definition) is 4. The van der Waals surface area contributed by atoms with E-state index in [9.17, 15) is 9.59 Å². The normalized spacial score (nSPS) is 10.8. The minimum absolute atomic E-state index is 0.0526. The molecule has 0 aliphatic rings. The molecule has 0 atom stereocenters. The lowest BCUT2D eigenvalue weighted by Crippen LogP contribution is -2.23. The molecule has 20 heavy (non-hydrogen) atoms. The van der Waals surface area contributed by atoms with Crippen molar-refractivity contribution in [2.45, 2.75) is 33.2 Å². The summed E-state index contributed by atoms with van der Waals surface area (Å²) in [6.07, 6.45) is 5.89. The maximum absolute atomic E-state index is 11.6. The van der Waals surface area contributed by atoms with Crippen LogP contribution in [0.3, 0.4) is 0 Å². The number of nitrogens with zero attached hydrogens (tertiary/aromatic N) is 2. The summed E-state index contributed by atoms with van der Waals surface area (Å²) in [6.45, 7) is 5.11. The van der Waals surface area contributed by atoms with E-state index in [2.05, 4.69) is 15.2 Å². The maximum atomic E-state index is 11.6. The SMILES string of the molecule is CCn1cc(CCC(=O)NC/C=C/C(=O)OC)c(C)n1. The van der Waals surface area contributed by atoms with Crippen LogP contribution in [0.25, 0.3) is 0 Å². The van der Waals surface area contributed by atoms with Crippen LogP contribution in [-0.2, 0) is 27.3 Å². The predicted octanol–water partition coefficient (Wildman–Crippen LogP) is 0.989. The van der Waals surface area contributed by atoms with Crippen molar-refractivity contribution in [2.75, 3.05) is 13.7 Å². The number of amides is 1. The summed E-state index contributed by atoms with van der Waals surface area (Å²) in [5.74, 6) is -0.481. The third-order valence-electron chi connectivity index (χ3n) is 2.87. The summed E-state index contributed by atoms with van der Waals surface area (Å²) >= 11 is 0. The fraction of sp³-hybridized carbons (Fsp3) is 0.500. The van der Waals surface area contributed by atoms with Gasteiger partial charge in [-0.3, -0.25) is 9.48 Å². The highest BCUT2D eigenvalue weighted by Gasteiger charge is 2.06. The smallest absolute Gasteiger partial charge is 0.330 e. The second-order valence-corrected chi connectivity index (χ2v) is 4.33. The van der Waals surface area contributed by atoms with Gasteiger partial charge in [0.05, 0.1) is 12.8 Å². The van der Waals surface area contributed by atoms with E-state index in [1.54, 1.807) is 6.08 Å². The van der Waals surface area contributed by atoms with E-state index in [1.165, 1.54) is 13.2 Å². The number of carbonyl (C=O) groups is 2. The Bertz CT molecular complexity index is 492. The van der Waals surface area contributed by atoms with Gasteiger partial charge in [0, 0.05) is 31.8 Å². The quantitative estimate of drug-likeness (QED) is 0.596. The number of esters is 1. The number of aryl methyl sites for hydroxylation is 3. The topological polar surface area (TPSA) is 73.2 Å². The summed E-state index contributed by atoms with van der Waals surface area (Å²) < 4.78 is 6.30. The van der Waals surface area contributed by atoms with Gasteiger partial charge in [-0.25, -0.2) is 4.79 Å². The standard InChI is InChI=1S/C14H21N3O3/c1-4-17-10-12(11(2)16-17)7-8-13(18)15-9-5-6-14(19)20-3/h5-6,10H,4,7-9H2,1-3H3,(H,15,18)/b6-5+. The van der Waals surface area contributed by atoms with Crippen molar-refractivity contribution < 1.29 is 14.3 Å². The van der Waals surface area contributed by atoms with Crippen LogP contribution in [-0.4, -0.2) is 35.3 Å². The number of hydrogen-bond donors (Lipinski definition) is 1. The van der Waals surface area contributed by atoms with Gasteiger partial charge in [-0.05, 0) is 25.8 Å². The van der Waals surface area contributed by atoms with Gasteiger partial charge in [0.25, 0.3) is 0 Å². The fourth-order valence-electron chi connectivity index (χ4n) is 1.70. The molecule has 0 radical (unpaired) electrons. The molecule has 0 aliphatic carbocycles. The molecule has 110 valence electrons. The summed E-state index contributed by atoms with van der Waals surface area (Å²) in [7, 11) is 1.31. The molecule has 0 bridgehead atoms. The summed E-state index contributed by atoms with van der Waals surface area (Å²) in [6, 6.07) is 0. The zero-order chi connectivity index (χ0) is 15.0. The zero-order valence-electron chi connectivity index (χ0n) is 12.2. The van der Waals surface area contributed by atoms with Crippen LogP contribution in [0.15, 0.2) is 18.3 Å². The molecule has 1 amide bonds. The number of aromatic nitrogens is 2. The zero-order valence-corrected chi connectivity index (χ0v) is 12.2. The third-order valence-corrected chi connectivity index (χ3v) is 2.87. The van der Waals surface area contributed by atoms with E-state index in [0.717, 1.165) is 17.8 Å². The van der Waals surface area contributed by atoms with Crippen LogP contribution in [0.2, 0.25) is 0 Å². The number of ether oxygens (including phenoxy) is 1. The monoisotopic (exact) mass is 279 g/mol. The van der Waals surface area contributed by atoms with E-state index < -0.39 is 5.97 Å². The van der Waals surface area contributed by atoms with Crippen LogP contribution in [0.4, 0.5) is 0 Å². The Morgan fingerprint density at radius 3 is 2.85 bits per heavy atom. The molecular formula is C14H21N3O3. The molecule has 6 heteroatoms. The van der Waals surface area contributed by atoms with Crippen molar-refractivity contribution in [2.24, 2.45) is 0 Å². The Morgan fingerprint density at radius 2 is 2.25 bits per heavy atom. The molecule has 0 saturated heterocycles. The lowest BCUT2D eigenvalue weighted by atomic mass is 10.1. The Balaban J connectivity index is 2.31. The number of carbonyl (C=O) groups excluding carboxylic acids is 2. The van der Waals surface area contributed by atoms with Crippen molar-refractivity contribution in [3.05, 3.63) is 29.6 Å². The Kier molecular flexibility index (Phi) is 6.49. The Hall–Kier alpha value is -2.11. The Labute approximate surface area is 118 Å². The van der Waals surface area contributed by atoms with E-state index in [1.807, 2.05) is 24.7 Å². The lowest BCUT2D eigenvalue weighted by molar-refractivity contribution is -0.134. The van der Waals surface area contributed by atoms with E-state index >= 15 is 0 Å². The van der Waals surface area contributed by atoms with Gasteiger partial charge in [0.15, 0.2) is 0 Å². The highest BCUT2D eigenvalue weighted by Crippen LogP contribution is 2.08. The molecule has 6 nitrogen and oxygen atoms in total. The van der Waals surface area contributed by atoms with Crippen LogP contribution in [0, 0.1) is 6.92 Å². The van der Waals surface area contributed by atoms with Crippen molar-refractivity contribution >= 4 is 11.9 Å². The number of nitrogens with one attached hydrogen (secondary N) is 1. The molecule has 1 aromatic heterocycles. The van der Waals surface area contributed by atoms with Crippen molar-refractivity contribution in [3.63, 3.8) is 0 Å². The van der Waals surface area contributed by atoms with E-state index in [0.29, 0.717) is 19.4 Å². The molecule has 0 fully saturated rings. The average Bonchev–Trinajstić information content (AvgIpc) is 2.81. The molecule has 0 spiro atoms. The summed E-state index contributed by atoms with van der Waals surface area (Å²) in [5, 5.41) is 7.05. The first-order valence-electron chi connectivity index (χ1n) is 6.61. The molecule has 1 N–H and O–H groups in total. The summed E-state index contributed by atoms with van der Waals surface area (Å²) in [5.41, 5.74) is 2.05. The highest BCUT2D eigenvalue weighted by molar-refractivity contribution is 5.82. The maximum Gasteiger partial charge on any atom is 0.330 e. The van der Waals surface area contributed by atoms with Crippen LogP contribution in [0.5, 0.6) is 0 Å². The van der Waals surface area contributed by atoms with Gasteiger partial charge in [-0.1, -0.05) is 6.08 Å². The number of methoxy groups -OCH3 is 1. The predicted molar refractivity (Wildman–Crippen MR) is 75.1 cm³/mol. The van der Waals surface area contributed by atoms with Crippen molar-refractivity contribution in [1.29, 1.82) is 0 Å². The highest BCUT2D eigenvalue weighted by atomic mass is 16.5. The average molecular weight is 279 g/mol. The number of rotatable bonds is 7. The van der Waals surface area contributed by atoms with Gasteiger partial charge >= 0.3 is 5.97 Å². The summed E-state index contributed by atoms with van der Waals surface area (Å²) in [4.78, 5) is 22.4. The van der Waals surface area contributed by atoms with Gasteiger partial charge in [0.2, 0.25) is 5.91 Å². The minimum Gasteiger partial charge on any atom is -0.466 e. The van der Waals surface area contributed by atoms with Crippen molar-refractivity contribution in [3.8, 4) is 0 Å². The second-order valence-electron chi connectivity index (χ2n) is 4.33. The first-order valence-corrected chi connectivity index (χ1v) is 6.61. The van der Waals surface area contributed by atoms with Gasteiger partial charge in [-0.15, -0.1) is 0 Å². The van der Waals surface area contributed by atoms with Crippen molar-refractivity contribution in [1.82, 2.24) is 15.1 Å². The Morgan fingerprint density at radius 1 is 1.50 bits per heavy atom. The lowest BCUT2D eigenvalue weighted by Gasteiger charge is -2.01.